The molecule has 2 atom stereocenters. The van der Waals surface area contributed by atoms with Gasteiger partial charge in [-0.25, -0.2) is 9.89 Å². The molecule has 0 saturated heterocycles. The first kappa shape index (κ1) is 12.6. The lowest BCUT2D eigenvalue weighted by molar-refractivity contribution is 0.232. The van der Waals surface area contributed by atoms with Crippen LogP contribution in [0.5, 0.6) is 0 Å². The van der Waals surface area contributed by atoms with Gasteiger partial charge in [0.25, 0.3) is 5.56 Å². The maximum absolute atomic E-state index is 11.8. The van der Waals surface area contributed by atoms with Crippen LogP contribution in [-0.4, -0.2) is 22.3 Å². The zero-order valence-corrected chi connectivity index (χ0v) is 10.4. The molecule has 2 amide bonds. The monoisotopic (exact) mass is 250 g/mol. The summed E-state index contributed by atoms with van der Waals surface area (Å²) in [7, 11) is 0. The number of hydrogen-bond acceptors (Lipinski definition) is 3. The smallest absolute Gasteiger partial charge is 0.320 e. The van der Waals surface area contributed by atoms with Crippen molar-refractivity contribution in [2.45, 2.75) is 38.6 Å². The highest BCUT2D eigenvalue weighted by atomic mass is 16.2. The number of hydrogen-bond donors (Lipinski definition) is 3. The van der Waals surface area contributed by atoms with E-state index in [2.05, 4.69) is 27.8 Å². The van der Waals surface area contributed by atoms with Gasteiger partial charge < -0.3 is 5.32 Å². The first-order chi connectivity index (χ1) is 8.65. The van der Waals surface area contributed by atoms with Gasteiger partial charge in [0.15, 0.2) is 5.82 Å². The number of carbonyl (C=O) groups excluding carboxylic acids is 1. The van der Waals surface area contributed by atoms with Crippen LogP contribution in [0.15, 0.2) is 16.9 Å². The van der Waals surface area contributed by atoms with E-state index in [1.54, 1.807) is 0 Å². The van der Waals surface area contributed by atoms with Gasteiger partial charge in [0, 0.05) is 12.1 Å². The molecule has 1 aliphatic rings. The van der Waals surface area contributed by atoms with Crippen molar-refractivity contribution in [3.05, 3.63) is 22.5 Å². The third kappa shape index (κ3) is 3.32. The molecule has 0 bridgehead atoms. The summed E-state index contributed by atoms with van der Waals surface area (Å²) in [6, 6.07) is 2.75. The Balaban J connectivity index is 1.88. The molecule has 6 heteroatoms. The lowest BCUT2D eigenvalue weighted by Crippen LogP contribution is -2.43. The zero-order valence-electron chi connectivity index (χ0n) is 10.4. The third-order valence-electron chi connectivity index (χ3n) is 3.35. The second-order valence-electron chi connectivity index (χ2n) is 4.77. The van der Waals surface area contributed by atoms with Crippen LogP contribution in [0.3, 0.4) is 0 Å². The summed E-state index contributed by atoms with van der Waals surface area (Å²) >= 11 is 0. The number of amides is 2. The van der Waals surface area contributed by atoms with Crippen LogP contribution in [0.2, 0.25) is 0 Å². The Morgan fingerprint density at radius 2 is 2.17 bits per heavy atom. The van der Waals surface area contributed by atoms with Crippen LogP contribution in [-0.2, 0) is 0 Å². The number of anilines is 1. The highest BCUT2D eigenvalue weighted by molar-refractivity contribution is 5.88. The summed E-state index contributed by atoms with van der Waals surface area (Å²) < 4.78 is 0. The fourth-order valence-corrected chi connectivity index (χ4v) is 2.27. The van der Waals surface area contributed by atoms with Gasteiger partial charge in [-0.2, -0.15) is 5.10 Å². The Hall–Kier alpha value is -1.85. The normalized spacial score (nSPS) is 23.4. The average Bonchev–Trinajstić information content (AvgIpc) is 2.35. The first-order valence-corrected chi connectivity index (χ1v) is 6.28. The van der Waals surface area contributed by atoms with Crippen molar-refractivity contribution < 1.29 is 4.79 Å². The van der Waals surface area contributed by atoms with Gasteiger partial charge in [-0.3, -0.25) is 10.1 Å². The number of nitrogens with zero attached hydrogens (tertiary/aromatic N) is 1. The zero-order chi connectivity index (χ0) is 13.0. The topological polar surface area (TPSA) is 86.9 Å². The lowest BCUT2D eigenvalue weighted by atomic mass is 9.86. The summed E-state index contributed by atoms with van der Waals surface area (Å²) in [5, 5.41) is 11.5. The number of carbonyl (C=O) groups is 1. The van der Waals surface area contributed by atoms with E-state index in [1.165, 1.54) is 18.6 Å². The molecule has 1 aromatic rings. The minimum Gasteiger partial charge on any atom is -0.335 e. The van der Waals surface area contributed by atoms with Gasteiger partial charge in [0.1, 0.15) is 0 Å². The number of rotatable bonds is 2. The Morgan fingerprint density at radius 1 is 1.39 bits per heavy atom. The molecule has 0 spiro atoms. The van der Waals surface area contributed by atoms with Crippen molar-refractivity contribution in [2.24, 2.45) is 5.92 Å². The van der Waals surface area contributed by atoms with E-state index in [0.717, 1.165) is 19.3 Å². The predicted octanol–water partition coefficient (Wildman–Crippen LogP) is 1.47. The molecule has 98 valence electrons. The lowest BCUT2D eigenvalue weighted by Gasteiger charge is -2.29. The average molecular weight is 250 g/mol. The van der Waals surface area contributed by atoms with Gasteiger partial charge in [0.2, 0.25) is 0 Å². The maximum atomic E-state index is 11.8. The summed E-state index contributed by atoms with van der Waals surface area (Å²) in [5.41, 5.74) is -0.290. The molecule has 0 radical (unpaired) electrons. The minimum atomic E-state index is -0.290. The Kier molecular flexibility index (Phi) is 3.96. The highest BCUT2D eigenvalue weighted by Crippen LogP contribution is 2.23. The molecule has 1 saturated carbocycles. The van der Waals surface area contributed by atoms with Crippen LogP contribution in [0.4, 0.5) is 10.6 Å². The number of urea groups is 1. The van der Waals surface area contributed by atoms with E-state index in [9.17, 15) is 9.59 Å². The van der Waals surface area contributed by atoms with Gasteiger partial charge >= 0.3 is 6.03 Å². The second-order valence-corrected chi connectivity index (χ2v) is 4.77. The number of aromatic nitrogens is 2. The van der Waals surface area contributed by atoms with E-state index in [0.29, 0.717) is 11.7 Å². The number of H-pyrrole nitrogens is 1. The quantitative estimate of drug-likeness (QED) is 0.742. The van der Waals surface area contributed by atoms with E-state index in [-0.39, 0.29) is 17.6 Å². The maximum Gasteiger partial charge on any atom is 0.320 e. The third-order valence-corrected chi connectivity index (χ3v) is 3.35. The van der Waals surface area contributed by atoms with Crippen molar-refractivity contribution in [2.75, 3.05) is 5.32 Å². The molecular formula is C12H18N4O2. The van der Waals surface area contributed by atoms with Crippen LogP contribution in [0.25, 0.3) is 0 Å². The van der Waals surface area contributed by atoms with Gasteiger partial charge in [-0.15, -0.1) is 0 Å². The molecule has 1 fully saturated rings. The van der Waals surface area contributed by atoms with E-state index < -0.39 is 0 Å². The number of aromatic amines is 1. The predicted molar refractivity (Wildman–Crippen MR) is 68.4 cm³/mol. The van der Waals surface area contributed by atoms with Crippen LogP contribution >= 0.6 is 0 Å². The standard InChI is InChI=1S/C12H18N4O2/c1-8-4-2-3-5-9(8)13-12(18)14-10-6-7-11(17)16-15-10/h6-9H,2-5H2,1H3,(H,16,17)(H2,13,14,15,18). The van der Waals surface area contributed by atoms with Crippen molar-refractivity contribution in [3.8, 4) is 0 Å². The molecule has 2 rings (SSSR count). The van der Waals surface area contributed by atoms with Crippen molar-refractivity contribution >= 4 is 11.8 Å². The molecule has 2 unspecified atom stereocenters. The molecule has 0 aromatic carbocycles. The van der Waals surface area contributed by atoms with Crippen molar-refractivity contribution in [1.29, 1.82) is 0 Å². The largest absolute Gasteiger partial charge is 0.335 e. The molecule has 1 heterocycles. The van der Waals surface area contributed by atoms with Gasteiger partial charge in [-0.05, 0) is 24.8 Å². The van der Waals surface area contributed by atoms with Crippen LogP contribution in [0, 0.1) is 5.92 Å². The summed E-state index contributed by atoms with van der Waals surface area (Å²) in [4.78, 5) is 22.6. The highest BCUT2D eigenvalue weighted by Gasteiger charge is 2.22. The molecule has 18 heavy (non-hydrogen) atoms. The summed E-state index contributed by atoms with van der Waals surface area (Å²) in [6.07, 6.45) is 4.57. The fourth-order valence-electron chi connectivity index (χ4n) is 2.27. The molecule has 1 aromatic heterocycles. The Morgan fingerprint density at radius 3 is 2.83 bits per heavy atom. The SMILES string of the molecule is CC1CCCCC1NC(=O)Nc1ccc(=O)[nH]n1. The fraction of sp³-hybridized carbons (Fsp3) is 0.583. The van der Waals surface area contributed by atoms with E-state index in [4.69, 9.17) is 0 Å². The summed E-state index contributed by atoms with van der Waals surface area (Å²) in [6.45, 7) is 2.16. The second kappa shape index (κ2) is 5.66. The Labute approximate surface area is 105 Å². The van der Waals surface area contributed by atoms with Crippen LogP contribution in [0.1, 0.15) is 32.6 Å². The van der Waals surface area contributed by atoms with Gasteiger partial charge in [0.05, 0.1) is 0 Å². The van der Waals surface area contributed by atoms with Crippen molar-refractivity contribution in [3.63, 3.8) is 0 Å². The molecule has 1 aliphatic carbocycles. The van der Waals surface area contributed by atoms with E-state index >= 15 is 0 Å². The minimum absolute atomic E-state index is 0.224. The van der Waals surface area contributed by atoms with Crippen LogP contribution < -0.4 is 16.2 Å². The van der Waals surface area contributed by atoms with E-state index in [1.807, 2.05) is 0 Å². The Bertz CT molecular complexity index is 451. The molecular weight excluding hydrogens is 232 g/mol. The molecule has 0 aliphatic heterocycles. The summed E-state index contributed by atoms with van der Waals surface area (Å²) in [5.74, 6) is 0.851. The molecule has 3 N–H and O–H groups in total. The van der Waals surface area contributed by atoms with Crippen molar-refractivity contribution in [1.82, 2.24) is 15.5 Å². The van der Waals surface area contributed by atoms with Gasteiger partial charge in [-0.1, -0.05) is 19.8 Å². The first-order valence-electron chi connectivity index (χ1n) is 6.28. The molecule has 6 nitrogen and oxygen atoms in total. The number of nitrogens with one attached hydrogen (secondary N) is 3.